The predicted octanol–water partition coefficient (Wildman–Crippen LogP) is 2.02. The molecule has 0 heterocycles. The Morgan fingerprint density at radius 2 is 1.92 bits per heavy atom. The Morgan fingerprint density at radius 3 is 2.42 bits per heavy atom. The Balaban J connectivity index is 2.84. The molecule has 3 nitrogen and oxygen atoms in total. The van der Waals surface area contributed by atoms with Crippen molar-refractivity contribution in [3.63, 3.8) is 0 Å². The van der Waals surface area contributed by atoms with E-state index in [2.05, 4.69) is 4.99 Å². The zero-order chi connectivity index (χ0) is 8.97. The summed E-state index contributed by atoms with van der Waals surface area (Å²) in [7, 11) is 0. The Morgan fingerprint density at radius 1 is 1.33 bits per heavy atom. The molecule has 0 saturated heterocycles. The van der Waals surface area contributed by atoms with Crippen LogP contribution >= 0.6 is 0 Å². The van der Waals surface area contributed by atoms with E-state index in [-0.39, 0.29) is 0 Å². The smallest absolute Gasteiger partial charge is 0.123 e. The molecule has 0 bridgehead atoms. The van der Waals surface area contributed by atoms with Gasteiger partial charge in [0.2, 0.25) is 0 Å². The third kappa shape index (κ3) is 2.36. The second-order valence-corrected chi connectivity index (χ2v) is 2.64. The molecule has 0 spiro atoms. The number of aryl methyl sites for hydroxylation is 1. The fraction of sp³-hybridized carbons (Fsp3) is 0.222. The molecule has 0 amide bonds. The van der Waals surface area contributed by atoms with E-state index < -0.39 is 0 Å². The maximum absolute atomic E-state index is 8.47. The Kier molecular flexibility index (Phi) is 2.82. The van der Waals surface area contributed by atoms with Crippen molar-refractivity contribution in [3.05, 3.63) is 29.8 Å². The van der Waals surface area contributed by atoms with E-state index in [0.717, 1.165) is 5.69 Å². The van der Waals surface area contributed by atoms with Crippen LogP contribution < -0.4 is 5.48 Å². The van der Waals surface area contributed by atoms with Crippen molar-refractivity contribution < 1.29 is 5.21 Å². The molecule has 1 aromatic rings. The van der Waals surface area contributed by atoms with Gasteiger partial charge in [0.25, 0.3) is 0 Å². The van der Waals surface area contributed by atoms with Gasteiger partial charge in [0, 0.05) is 0 Å². The standard InChI is InChI=1S/C9H12N2O/c1-7-3-5-9(6-4-7)10-8(2)11-12/h3-6,12H,1-2H3,(H,10,11). The van der Waals surface area contributed by atoms with Crippen molar-refractivity contribution in [2.24, 2.45) is 4.99 Å². The zero-order valence-electron chi connectivity index (χ0n) is 7.20. The molecular weight excluding hydrogens is 152 g/mol. The largest absolute Gasteiger partial charge is 0.290 e. The van der Waals surface area contributed by atoms with Crippen molar-refractivity contribution in [1.29, 1.82) is 0 Å². The van der Waals surface area contributed by atoms with Crippen molar-refractivity contribution in [2.45, 2.75) is 13.8 Å². The van der Waals surface area contributed by atoms with Crippen molar-refractivity contribution in [1.82, 2.24) is 5.48 Å². The van der Waals surface area contributed by atoms with Gasteiger partial charge in [0.05, 0.1) is 5.69 Å². The summed E-state index contributed by atoms with van der Waals surface area (Å²) in [4.78, 5) is 4.07. The summed E-state index contributed by atoms with van der Waals surface area (Å²) in [6, 6.07) is 7.75. The van der Waals surface area contributed by atoms with Gasteiger partial charge in [-0.05, 0) is 26.0 Å². The fourth-order valence-electron chi connectivity index (χ4n) is 0.838. The summed E-state index contributed by atoms with van der Waals surface area (Å²) in [6.45, 7) is 3.71. The molecule has 0 atom stereocenters. The van der Waals surface area contributed by atoms with Gasteiger partial charge < -0.3 is 0 Å². The first-order chi connectivity index (χ1) is 5.72. The molecule has 0 saturated carbocycles. The van der Waals surface area contributed by atoms with Crippen LogP contribution in [0.2, 0.25) is 0 Å². The minimum Gasteiger partial charge on any atom is -0.290 e. The number of hydrogen-bond acceptors (Lipinski definition) is 2. The van der Waals surface area contributed by atoms with E-state index in [4.69, 9.17) is 5.21 Å². The van der Waals surface area contributed by atoms with E-state index in [0.29, 0.717) is 5.84 Å². The lowest BCUT2D eigenvalue weighted by atomic mass is 10.2. The highest BCUT2D eigenvalue weighted by atomic mass is 16.5. The maximum Gasteiger partial charge on any atom is 0.123 e. The van der Waals surface area contributed by atoms with E-state index in [1.807, 2.05) is 36.7 Å². The average Bonchev–Trinajstić information content (AvgIpc) is 2.09. The van der Waals surface area contributed by atoms with Crippen LogP contribution in [-0.4, -0.2) is 11.0 Å². The van der Waals surface area contributed by atoms with Crippen molar-refractivity contribution in [3.8, 4) is 0 Å². The third-order valence-electron chi connectivity index (χ3n) is 1.49. The molecule has 12 heavy (non-hydrogen) atoms. The Hall–Kier alpha value is -1.35. The normalized spacial score (nSPS) is 11.4. The molecule has 64 valence electrons. The lowest BCUT2D eigenvalue weighted by molar-refractivity contribution is 0.234. The summed E-state index contributed by atoms with van der Waals surface area (Å²) in [5.41, 5.74) is 4.01. The molecule has 0 radical (unpaired) electrons. The molecule has 0 aliphatic carbocycles. The second kappa shape index (κ2) is 3.88. The quantitative estimate of drug-likeness (QED) is 0.379. The topological polar surface area (TPSA) is 44.6 Å². The van der Waals surface area contributed by atoms with Gasteiger partial charge >= 0.3 is 0 Å². The van der Waals surface area contributed by atoms with Crippen LogP contribution in [0.25, 0.3) is 0 Å². The molecule has 2 N–H and O–H groups in total. The van der Waals surface area contributed by atoms with Crippen LogP contribution in [0.4, 0.5) is 5.69 Å². The Labute approximate surface area is 71.7 Å². The molecule has 0 aliphatic heterocycles. The van der Waals surface area contributed by atoms with Gasteiger partial charge in [0.15, 0.2) is 0 Å². The highest BCUT2D eigenvalue weighted by Gasteiger charge is 1.89. The number of aliphatic imine (C=N–C) groups is 1. The summed E-state index contributed by atoms with van der Waals surface area (Å²) in [5.74, 6) is 0.485. The summed E-state index contributed by atoms with van der Waals surface area (Å²) < 4.78 is 0. The molecule has 0 fully saturated rings. The Bertz CT molecular complexity index is 277. The summed E-state index contributed by atoms with van der Waals surface area (Å²) in [5, 5.41) is 8.47. The number of benzene rings is 1. The fourth-order valence-corrected chi connectivity index (χ4v) is 0.838. The molecule has 3 heteroatoms. The number of hydrogen-bond donors (Lipinski definition) is 2. The van der Waals surface area contributed by atoms with Crippen molar-refractivity contribution >= 4 is 11.5 Å². The van der Waals surface area contributed by atoms with Crippen LogP contribution in [0.1, 0.15) is 12.5 Å². The van der Waals surface area contributed by atoms with E-state index in [9.17, 15) is 0 Å². The van der Waals surface area contributed by atoms with Gasteiger partial charge in [0.1, 0.15) is 5.84 Å². The molecular formula is C9H12N2O. The minimum absolute atomic E-state index is 0.485. The second-order valence-electron chi connectivity index (χ2n) is 2.64. The number of nitrogens with one attached hydrogen (secondary N) is 1. The lowest BCUT2D eigenvalue weighted by Gasteiger charge is -1.97. The van der Waals surface area contributed by atoms with Crippen LogP contribution in [0.5, 0.6) is 0 Å². The first kappa shape index (κ1) is 8.74. The molecule has 0 unspecified atom stereocenters. The van der Waals surface area contributed by atoms with E-state index in [1.165, 1.54) is 5.56 Å². The van der Waals surface area contributed by atoms with Crippen LogP contribution in [-0.2, 0) is 0 Å². The summed E-state index contributed by atoms with van der Waals surface area (Å²) in [6.07, 6.45) is 0. The molecule has 1 aromatic carbocycles. The molecule has 0 aromatic heterocycles. The minimum atomic E-state index is 0.485. The third-order valence-corrected chi connectivity index (χ3v) is 1.49. The lowest BCUT2D eigenvalue weighted by Crippen LogP contribution is -2.13. The molecule has 1 rings (SSSR count). The van der Waals surface area contributed by atoms with Crippen LogP contribution in [0.3, 0.4) is 0 Å². The zero-order valence-corrected chi connectivity index (χ0v) is 7.20. The van der Waals surface area contributed by atoms with Crippen LogP contribution in [0.15, 0.2) is 29.3 Å². The number of nitrogens with zero attached hydrogens (tertiary/aromatic N) is 1. The van der Waals surface area contributed by atoms with E-state index in [1.54, 1.807) is 6.92 Å². The summed E-state index contributed by atoms with van der Waals surface area (Å²) >= 11 is 0. The van der Waals surface area contributed by atoms with E-state index >= 15 is 0 Å². The predicted molar refractivity (Wildman–Crippen MR) is 48.9 cm³/mol. The highest BCUT2D eigenvalue weighted by Crippen LogP contribution is 2.11. The van der Waals surface area contributed by atoms with Gasteiger partial charge in [-0.3, -0.25) is 10.7 Å². The molecule has 0 aliphatic rings. The number of amidine groups is 1. The number of rotatable bonds is 1. The first-order valence-corrected chi connectivity index (χ1v) is 3.74. The highest BCUT2D eigenvalue weighted by molar-refractivity contribution is 5.81. The van der Waals surface area contributed by atoms with Gasteiger partial charge in [-0.15, -0.1) is 0 Å². The monoisotopic (exact) mass is 164 g/mol. The van der Waals surface area contributed by atoms with Crippen molar-refractivity contribution in [2.75, 3.05) is 0 Å². The number of hydroxylamine groups is 1. The SMILES string of the molecule is CC(=Nc1ccc(C)cc1)NO. The van der Waals surface area contributed by atoms with Gasteiger partial charge in [-0.2, -0.15) is 0 Å². The van der Waals surface area contributed by atoms with Gasteiger partial charge in [-0.1, -0.05) is 17.7 Å². The average molecular weight is 164 g/mol. The van der Waals surface area contributed by atoms with Gasteiger partial charge in [-0.25, -0.2) is 4.99 Å². The first-order valence-electron chi connectivity index (χ1n) is 3.74. The maximum atomic E-state index is 8.47. The van der Waals surface area contributed by atoms with Crippen LogP contribution in [0, 0.1) is 6.92 Å².